The van der Waals surface area contributed by atoms with E-state index in [1.54, 1.807) is 6.07 Å². The zero-order valence-corrected chi connectivity index (χ0v) is 10.3. The Morgan fingerprint density at radius 2 is 1.94 bits per heavy atom. The van der Waals surface area contributed by atoms with E-state index >= 15 is 0 Å². The molecule has 0 aliphatic carbocycles. The van der Waals surface area contributed by atoms with Crippen LogP contribution in [-0.2, 0) is 4.74 Å². The maximum atomic E-state index is 5.91. The predicted octanol–water partition coefficient (Wildman–Crippen LogP) is 3.75. The van der Waals surface area contributed by atoms with Gasteiger partial charge in [0, 0.05) is 22.3 Å². The lowest BCUT2D eigenvalue weighted by Gasteiger charge is -2.15. The number of ether oxygens (including phenoxy) is 1. The van der Waals surface area contributed by atoms with Crippen LogP contribution in [0.2, 0.25) is 10.0 Å². The van der Waals surface area contributed by atoms with Crippen molar-refractivity contribution in [1.29, 1.82) is 0 Å². The van der Waals surface area contributed by atoms with Crippen molar-refractivity contribution in [2.45, 2.75) is 6.42 Å². The topological polar surface area (TPSA) is 21.3 Å². The summed E-state index contributed by atoms with van der Waals surface area (Å²) in [6.45, 7) is 2.31. The van der Waals surface area contributed by atoms with Gasteiger partial charge in [-0.3, -0.25) is 0 Å². The number of hydrogen-bond acceptors (Lipinski definition) is 2. The third-order valence-electron chi connectivity index (χ3n) is 2.36. The molecule has 0 atom stereocenters. The Balaban J connectivity index is 1.96. The Kier molecular flexibility index (Phi) is 4.10. The van der Waals surface area contributed by atoms with Gasteiger partial charge < -0.3 is 10.1 Å². The number of nitrogens with one attached hydrogen (secondary N) is 1. The highest BCUT2D eigenvalue weighted by Crippen LogP contribution is 2.22. The van der Waals surface area contributed by atoms with Crippen LogP contribution in [0.5, 0.6) is 0 Å². The number of anilines is 1. The summed E-state index contributed by atoms with van der Waals surface area (Å²) >= 11 is 11.8. The molecule has 1 heterocycles. The summed E-state index contributed by atoms with van der Waals surface area (Å²) < 4.78 is 5.36. The minimum Gasteiger partial charge on any atom is -0.381 e. The van der Waals surface area contributed by atoms with E-state index in [9.17, 15) is 0 Å². The largest absolute Gasteiger partial charge is 0.381 e. The molecule has 0 radical (unpaired) electrons. The van der Waals surface area contributed by atoms with Gasteiger partial charge in [-0.05, 0) is 30.2 Å². The van der Waals surface area contributed by atoms with Gasteiger partial charge in [-0.1, -0.05) is 29.3 Å². The monoisotopic (exact) mass is 257 g/mol. The van der Waals surface area contributed by atoms with E-state index in [0.29, 0.717) is 16.7 Å². The van der Waals surface area contributed by atoms with Crippen LogP contribution in [0.4, 0.5) is 5.69 Å². The maximum Gasteiger partial charge on any atom is 0.0693 e. The molecule has 0 saturated carbocycles. The molecule has 0 bridgehead atoms. The molecule has 0 aromatic heterocycles. The molecule has 4 heteroatoms. The van der Waals surface area contributed by atoms with Crippen molar-refractivity contribution >= 4 is 28.9 Å². The van der Waals surface area contributed by atoms with Gasteiger partial charge in [0.25, 0.3) is 0 Å². The number of benzene rings is 1. The molecular weight excluding hydrogens is 245 g/mol. The molecule has 1 aromatic carbocycles. The second kappa shape index (κ2) is 5.58. The lowest BCUT2D eigenvalue weighted by molar-refractivity contribution is 0.150. The highest BCUT2D eigenvalue weighted by molar-refractivity contribution is 6.35. The van der Waals surface area contributed by atoms with Crippen molar-refractivity contribution in [2.24, 2.45) is 0 Å². The molecule has 0 saturated heterocycles. The van der Waals surface area contributed by atoms with E-state index in [4.69, 9.17) is 27.9 Å². The van der Waals surface area contributed by atoms with Gasteiger partial charge >= 0.3 is 0 Å². The summed E-state index contributed by atoms with van der Waals surface area (Å²) in [5.74, 6) is 0. The third kappa shape index (κ3) is 3.41. The van der Waals surface area contributed by atoms with Crippen LogP contribution in [-0.4, -0.2) is 19.8 Å². The van der Waals surface area contributed by atoms with E-state index in [0.717, 1.165) is 25.3 Å². The molecule has 2 nitrogen and oxygen atoms in total. The molecule has 0 amide bonds. The second-order valence-electron chi connectivity index (χ2n) is 3.72. The van der Waals surface area contributed by atoms with Gasteiger partial charge in [-0.2, -0.15) is 0 Å². The average Bonchev–Trinajstić information content (AvgIpc) is 2.27. The highest BCUT2D eigenvalue weighted by Gasteiger charge is 2.04. The third-order valence-corrected chi connectivity index (χ3v) is 2.80. The lowest BCUT2D eigenvalue weighted by Crippen LogP contribution is -2.13. The molecule has 2 rings (SSSR count). The van der Waals surface area contributed by atoms with Gasteiger partial charge in [0.15, 0.2) is 0 Å². The molecule has 1 N–H and O–H groups in total. The smallest absolute Gasteiger partial charge is 0.0693 e. The van der Waals surface area contributed by atoms with E-state index in [2.05, 4.69) is 11.4 Å². The molecule has 86 valence electrons. The standard InChI is InChI=1S/C12H13Cl2NO/c13-10-4-11(14)6-12(5-10)15-7-9-2-1-3-16-8-9/h2,4-6,15H,1,3,7-8H2. The van der Waals surface area contributed by atoms with Gasteiger partial charge in [-0.15, -0.1) is 0 Å². The minimum absolute atomic E-state index is 0.642. The summed E-state index contributed by atoms with van der Waals surface area (Å²) in [5, 5.41) is 4.56. The fraction of sp³-hybridized carbons (Fsp3) is 0.333. The van der Waals surface area contributed by atoms with Crippen LogP contribution in [0.1, 0.15) is 6.42 Å². The Labute approximate surface area is 105 Å². The fourth-order valence-electron chi connectivity index (χ4n) is 1.60. The Bertz CT molecular complexity index is 384. The second-order valence-corrected chi connectivity index (χ2v) is 4.59. The van der Waals surface area contributed by atoms with Crippen molar-refractivity contribution in [3.63, 3.8) is 0 Å². The maximum absolute atomic E-state index is 5.91. The van der Waals surface area contributed by atoms with Crippen molar-refractivity contribution in [3.05, 3.63) is 39.9 Å². The quantitative estimate of drug-likeness (QED) is 0.833. The summed E-state index contributed by atoms with van der Waals surface area (Å²) in [7, 11) is 0. The first-order chi connectivity index (χ1) is 7.74. The van der Waals surface area contributed by atoms with E-state index in [1.807, 2.05) is 12.1 Å². The van der Waals surface area contributed by atoms with Crippen LogP contribution in [0.25, 0.3) is 0 Å². The zero-order chi connectivity index (χ0) is 11.4. The van der Waals surface area contributed by atoms with E-state index in [-0.39, 0.29) is 0 Å². The molecular formula is C12H13Cl2NO. The normalized spacial score (nSPS) is 15.8. The number of rotatable bonds is 3. The van der Waals surface area contributed by atoms with Crippen molar-refractivity contribution in [2.75, 3.05) is 25.1 Å². The van der Waals surface area contributed by atoms with Gasteiger partial charge in [0.2, 0.25) is 0 Å². The van der Waals surface area contributed by atoms with E-state index < -0.39 is 0 Å². The average molecular weight is 258 g/mol. The molecule has 0 spiro atoms. The lowest BCUT2D eigenvalue weighted by atomic mass is 10.2. The Morgan fingerprint density at radius 1 is 1.19 bits per heavy atom. The minimum atomic E-state index is 0.642. The molecule has 1 aromatic rings. The number of hydrogen-bond donors (Lipinski definition) is 1. The summed E-state index contributed by atoms with van der Waals surface area (Å²) in [6.07, 6.45) is 3.20. The molecule has 16 heavy (non-hydrogen) atoms. The summed E-state index contributed by atoms with van der Waals surface area (Å²) in [5.41, 5.74) is 2.20. The summed E-state index contributed by atoms with van der Waals surface area (Å²) in [6, 6.07) is 5.44. The van der Waals surface area contributed by atoms with Crippen LogP contribution in [0.15, 0.2) is 29.8 Å². The molecule has 0 fully saturated rings. The molecule has 1 aliphatic heterocycles. The number of halogens is 2. The molecule has 1 aliphatic rings. The van der Waals surface area contributed by atoms with Gasteiger partial charge in [0.05, 0.1) is 13.2 Å². The van der Waals surface area contributed by atoms with Crippen molar-refractivity contribution in [1.82, 2.24) is 0 Å². The Morgan fingerprint density at radius 3 is 2.56 bits per heavy atom. The first kappa shape index (κ1) is 11.8. The zero-order valence-electron chi connectivity index (χ0n) is 8.80. The van der Waals surface area contributed by atoms with Crippen LogP contribution in [0.3, 0.4) is 0 Å². The van der Waals surface area contributed by atoms with Crippen LogP contribution in [0, 0.1) is 0 Å². The first-order valence-electron chi connectivity index (χ1n) is 5.19. The van der Waals surface area contributed by atoms with Gasteiger partial charge in [0.1, 0.15) is 0 Å². The SMILES string of the molecule is Clc1cc(Cl)cc(NCC2=CCCOC2)c1. The fourth-order valence-corrected chi connectivity index (χ4v) is 2.13. The predicted molar refractivity (Wildman–Crippen MR) is 68.5 cm³/mol. The van der Waals surface area contributed by atoms with Crippen molar-refractivity contribution < 1.29 is 4.74 Å². The molecule has 0 unspecified atom stereocenters. The van der Waals surface area contributed by atoms with E-state index in [1.165, 1.54) is 5.57 Å². The van der Waals surface area contributed by atoms with Crippen LogP contribution < -0.4 is 5.32 Å². The summed E-state index contributed by atoms with van der Waals surface area (Å²) in [4.78, 5) is 0. The highest BCUT2D eigenvalue weighted by atomic mass is 35.5. The van der Waals surface area contributed by atoms with Crippen molar-refractivity contribution in [3.8, 4) is 0 Å². The van der Waals surface area contributed by atoms with Gasteiger partial charge in [-0.25, -0.2) is 0 Å². The first-order valence-corrected chi connectivity index (χ1v) is 5.95. The van der Waals surface area contributed by atoms with Crippen LogP contribution >= 0.6 is 23.2 Å². The Hall–Kier alpha value is -0.700.